The predicted molar refractivity (Wildman–Crippen MR) is 57.4 cm³/mol. The molecule has 0 aromatic heterocycles. The monoisotopic (exact) mass is 195 g/mol. The molecule has 2 aliphatic rings. The van der Waals surface area contributed by atoms with E-state index in [1.54, 1.807) is 0 Å². The summed E-state index contributed by atoms with van der Waals surface area (Å²) in [6.07, 6.45) is 9.81. The molecule has 0 heterocycles. The van der Waals surface area contributed by atoms with E-state index in [0.29, 0.717) is 11.8 Å². The van der Waals surface area contributed by atoms with Crippen LogP contribution in [0.5, 0.6) is 0 Å². The van der Waals surface area contributed by atoms with Crippen LogP contribution in [0.25, 0.3) is 0 Å². The Balaban J connectivity index is 0.000000980. The number of hydrogen-bond donors (Lipinski definition) is 1. The van der Waals surface area contributed by atoms with Crippen LogP contribution in [-0.4, -0.2) is 5.91 Å². The van der Waals surface area contributed by atoms with E-state index in [1.807, 2.05) is 0 Å². The quantitative estimate of drug-likeness (QED) is 0.723. The maximum absolute atomic E-state index is 11.0. The third kappa shape index (κ3) is 2.28. The third-order valence-electron chi connectivity index (χ3n) is 3.91. The Morgan fingerprint density at radius 1 is 1.29 bits per heavy atom. The van der Waals surface area contributed by atoms with E-state index in [-0.39, 0.29) is 13.3 Å². The third-order valence-corrected chi connectivity index (χ3v) is 3.91. The van der Waals surface area contributed by atoms with Crippen LogP contribution in [0.1, 0.15) is 51.4 Å². The number of primary amides is 1. The summed E-state index contributed by atoms with van der Waals surface area (Å²) >= 11 is 0. The van der Waals surface area contributed by atoms with Crippen LogP contribution >= 0.6 is 0 Å². The Kier molecular flexibility index (Phi) is 3.57. The minimum atomic E-state index is -0.0949. The van der Waals surface area contributed by atoms with E-state index < -0.39 is 0 Å². The van der Waals surface area contributed by atoms with E-state index in [2.05, 4.69) is 0 Å². The second-order valence-electron chi connectivity index (χ2n) is 5.00. The standard InChI is InChI=1S/C11H19NO.CH2/c12-10(13)8-11-5-1-3-9(7-11)4-2-6-11;/h9H,1-8H2,(H2,12,13);1H2. The molecule has 0 aromatic rings. The number of carbonyl (C=O) groups excluding carboxylic acids is 1. The summed E-state index contributed by atoms with van der Waals surface area (Å²) in [7, 11) is 0. The van der Waals surface area contributed by atoms with Gasteiger partial charge in [-0.1, -0.05) is 33.1 Å². The SMILES string of the molecule is NC(=O)CC12CCCC(CCC1)C2.[CH2]. The van der Waals surface area contributed by atoms with Crippen LogP contribution in [0.4, 0.5) is 0 Å². The average molecular weight is 195 g/mol. The number of nitrogens with two attached hydrogens (primary N) is 1. The Labute approximate surface area is 87.2 Å². The molecular formula is C12H21NO. The summed E-state index contributed by atoms with van der Waals surface area (Å²) in [5.74, 6) is 0.810. The molecule has 1 amide bonds. The van der Waals surface area contributed by atoms with Crippen LogP contribution in [0.2, 0.25) is 0 Å². The molecule has 0 spiro atoms. The fourth-order valence-corrected chi connectivity index (χ4v) is 3.44. The molecule has 80 valence electrons. The molecule has 2 radical (unpaired) electrons. The van der Waals surface area contributed by atoms with Crippen molar-refractivity contribution in [2.75, 3.05) is 0 Å². The highest BCUT2D eigenvalue weighted by atomic mass is 16.1. The summed E-state index contributed by atoms with van der Waals surface area (Å²) in [5.41, 5.74) is 5.64. The van der Waals surface area contributed by atoms with E-state index in [0.717, 1.165) is 5.92 Å². The van der Waals surface area contributed by atoms with E-state index in [1.165, 1.54) is 44.9 Å². The van der Waals surface area contributed by atoms with Gasteiger partial charge in [-0.15, -0.1) is 0 Å². The second-order valence-corrected chi connectivity index (χ2v) is 5.00. The van der Waals surface area contributed by atoms with Crippen LogP contribution in [0.3, 0.4) is 0 Å². The highest BCUT2D eigenvalue weighted by Gasteiger charge is 2.39. The average Bonchev–Trinajstić information content (AvgIpc) is 2.02. The van der Waals surface area contributed by atoms with Gasteiger partial charge in [0.25, 0.3) is 0 Å². The molecule has 0 atom stereocenters. The van der Waals surface area contributed by atoms with E-state index >= 15 is 0 Å². The van der Waals surface area contributed by atoms with Crippen LogP contribution < -0.4 is 5.73 Å². The second kappa shape index (κ2) is 4.33. The van der Waals surface area contributed by atoms with Crippen molar-refractivity contribution in [3.63, 3.8) is 0 Å². The fourth-order valence-electron chi connectivity index (χ4n) is 3.44. The summed E-state index contributed by atoms with van der Waals surface area (Å²) in [4.78, 5) is 11.0. The Hall–Kier alpha value is -0.530. The maximum Gasteiger partial charge on any atom is 0.217 e. The van der Waals surface area contributed by atoms with Gasteiger partial charge in [-0.05, 0) is 30.6 Å². The lowest BCUT2D eigenvalue weighted by Crippen LogP contribution is -2.36. The highest BCUT2D eigenvalue weighted by molar-refractivity contribution is 5.74. The molecule has 0 aliphatic heterocycles. The Morgan fingerprint density at radius 3 is 2.36 bits per heavy atom. The first-order valence-corrected chi connectivity index (χ1v) is 5.49. The lowest BCUT2D eigenvalue weighted by molar-refractivity contribution is -0.121. The largest absolute Gasteiger partial charge is 0.370 e. The van der Waals surface area contributed by atoms with Gasteiger partial charge in [-0.25, -0.2) is 0 Å². The van der Waals surface area contributed by atoms with Gasteiger partial charge in [-0.2, -0.15) is 0 Å². The van der Waals surface area contributed by atoms with Crippen molar-refractivity contribution in [2.45, 2.75) is 51.4 Å². The van der Waals surface area contributed by atoms with Gasteiger partial charge in [0.2, 0.25) is 5.91 Å². The Bertz CT molecular complexity index is 202. The molecule has 2 heteroatoms. The van der Waals surface area contributed by atoms with Crippen molar-refractivity contribution in [3.05, 3.63) is 7.43 Å². The zero-order valence-corrected chi connectivity index (χ0v) is 8.93. The number of fused-ring (bicyclic) bond motifs is 2. The molecule has 2 fully saturated rings. The van der Waals surface area contributed by atoms with Crippen LogP contribution in [0.15, 0.2) is 0 Å². The zero-order valence-electron chi connectivity index (χ0n) is 8.93. The van der Waals surface area contributed by atoms with Gasteiger partial charge >= 0.3 is 0 Å². The van der Waals surface area contributed by atoms with E-state index in [9.17, 15) is 4.79 Å². The van der Waals surface area contributed by atoms with Crippen LogP contribution in [0, 0.1) is 18.8 Å². The summed E-state index contributed by atoms with van der Waals surface area (Å²) in [6.45, 7) is 0. The van der Waals surface area contributed by atoms with Crippen molar-refractivity contribution >= 4 is 5.91 Å². The first kappa shape index (κ1) is 11.5. The van der Waals surface area contributed by atoms with Gasteiger partial charge in [0.1, 0.15) is 0 Å². The van der Waals surface area contributed by atoms with Gasteiger partial charge < -0.3 is 5.73 Å². The smallest absolute Gasteiger partial charge is 0.217 e. The molecule has 14 heavy (non-hydrogen) atoms. The summed E-state index contributed by atoms with van der Waals surface area (Å²) in [5, 5.41) is 0. The highest BCUT2D eigenvalue weighted by Crippen LogP contribution is 2.50. The minimum absolute atomic E-state index is 0. The molecule has 2 saturated carbocycles. The molecule has 2 bridgehead atoms. The zero-order chi connectivity index (χ0) is 9.31. The first-order chi connectivity index (χ1) is 6.20. The van der Waals surface area contributed by atoms with Crippen molar-refractivity contribution in [2.24, 2.45) is 17.1 Å². The topological polar surface area (TPSA) is 43.1 Å². The molecule has 2 rings (SSSR count). The molecule has 2 aliphatic carbocycles. The normalized spacial score (nSPS) is 35.9. The fraction of sp³-hybridized carbons (Fsp3) is 0.833. The minimum Gasteiger partial charge on any atom is -0.370 e. The van der Waals surface area contributed by atoms with Crippen molar-refractivity contribution < 1.29 is 4.79 Å². The van der Waals surface area contributed by atoms with Crippen molar-refractivity contribution in [1.29, 1.82) is 0 Å². The van der Waals surface area contributed by atoms with Crippen molar-refractivity contribution in [3.8, 4) is 0 Å². The number of amides is 1. The summed E-state index contributed by atoms with van der Waals surface area (Å²) < 4.78 is 0. The number of hydrogen-bond acceptors (Lipinski definition) is 1. The van der Waals surface area contributed by atoms with Crippen molar-refractivity contribution in [1.82, 2.24) is 0 Å². The number of rotatable bonds is 2. The summed E-state index contributed by atoms with van der Waals surface area (Å²) in [6, 6.07) is 0. The lowest BCUT2D eigenvalue weighted by Gasteiger charge is -2.44. The molecule has 0 saturated heterocycles. The maximum atomic E-state index is 11.0. The van der Waals surface area contributed by atoms with Gasteiger partial charge in [0, 0.05) is 6.42 Å². The molecule has 2 N–H and O–H groups in total. The lowest BCUT2D eigenvalue weighted by atomic mass is 9.60. The number of carbonyl (C=O) groups is 1. The van der Waals surface area contributed by atoms with Gasteiger partial charge in [0.05, 0.1) is 0 Å². The Morgan fingerprint density at radius 2 is 1.86 bits per heavy atom. The molecule has 2 nitrogen and oxygen atoms in total. The molecule has 0 unspecified atom stereocenters. The van der Waals surface area contributed by atoms with Crippen LogP contribution in [-0.2, 0) is 4.79 Å². The van der Waals surface area contributed by atoms with Gasteiger partial charge in [0.15, 0.2) is 0 Å². The first-order valence-electron chi connectivity index (χ1n) is 5.49. The van der Waals surface area contributed by atoms with Gasteiger partial charge in [-0.3, -0.25) is 4.79 Å². The van der Waals surface area contributed by atoms with E-state index in [4.69, 9.17) is 5.73 Å². The molecule has 0 aromatic carbocycles. The predicted octanol–water partition coefficient (Wildman–Crippen LogP) is 2.55. The molecular weight excluding hydrogens is 174 g/mol.